The second kappa shape index (κ2) is 8.74. The Morgan fingerprint density at radius 2 is 2.06 bits per heavy atom. The van der Waals surface area contributed by atoms with Gasteiger partial charge in [-0.25, -0.2) is 0 Å². The fourth-order valence-corrected chi connectivity index (χ4v) is 2.28. The second-order valence-corrected chi connectivity index (χ2v) is 5.22. The summed E-state index contributed by atoms with van der Waals surface area (Å²) in [4.78, 5) is 4.57. The molecule has 1 saturated carbocycles. The molecule has 4 heteroatoms. The quantitative estimate of drug-likeness (QED) is 0.442. The van der Waals surface area contributed by atoms with E-state index in [1.807, 2.05) is 11.8 Å². The van der Waals surface area contributed by atoms with Gasteiger partial charge in [-0.1, -0.05) is 19.3 Å². The van der Waals surface area contributed by atoms with Crippen molar-refractivity contribution in [3.63, 3.8) is 0 Å². The highest BCUT2D eigenvalue weighted by atomic mass is 32.2. The number of nitrogens with zero attached hydrogens (tertiary/aromatic N) is 1. The van der Waals surface area contributed by atoms with Crippen molar-refractivity contribution in [3.8, 4) is 0 Å². The van der Waals surface area contributed by atoms with Crippen molar-refractivity contribution in [1.29, 1.82) is 0 Å². The maximum atomic E-state index is 4.57. The summed E-state index contributed by atoms with van der Waals surface area (Å²) in [6.45, 7) is 3.97. The Morgan fingerprint density at radius 3 is 2.69 bits per heavy atom. The summed E-state index contributed by atoms with van der Waals surface area (Å²) in [7, 11) is 0. The molecule has 16 heavy (non-hydrogen) atoms. The molecule has 0 unspecified atom stereocenters. The molecule has 1 aliphatic rings. The zero-order valence-electron chi connectivity index (χ0n) is 10.6. The summed E-state index contributed by atoms with van der Waals surface area (Å²) >= 11 is 1.85. The van der Waals surface area contributed by atoms with Gasteiger partial charge in [0.15, 0.2) is 5.96 Å². The Hall–Kier alpha value is -0.380. The molecule has 0 spiro atoms. The number of nitrogens with one attached hydrogen (secondary N) is 2. The molecule has 0 saturated heterocycles. The molecule has 0 aromatic rings. The van der Waals surface area contributed by atoms with Gasteiger partial charge in [-0.3, -0.25) is 4.99 Å². The third-order valence-electron chi connectivity index (χ3n) is 2.86. The number of thioether (sulfide) groups is 1. The van der Waals surface area contributed by atoms with Crippen LogP contribution in [0.2, 0.25) is 0 Å². The molecule has 0 amide bonds. The molecule has 0 radical (unpaired) electrons. The van der Waals surface area contributed by atoms with Crippen molar-refractivity contribution >= 4 is 17.7 Å². The summed E-state index contributed by atoms with van der Waals surface area (Å²) in [6.07, 6.45) is 8.85. The molecule has 1 rings (SSSR count). The maximum Gasteiger partial charge on any atom is 0.191 e. The zero-order valence-corrected chi connectivity index (χ0v) is 11.4. The van der Waals surface area contributed by atoms with Crippen molar-refractivity contribution in [2.75, 3.05) is 25.1 Å². The highest BCUT2D eigenvalue weighted by Gasteiger charge is 2.13. The van der Waals surface area contributed by atoms with E-state index in [9.17, 15) is 0 Å². The lowest BCUT2D eigenvalue weighted by Crippen LogP contribution is -2.44. The summed E-state index contributed by atoms with van der Waals surface area (Å²) in [5.41, 5.74) is 0. The van der Waals surface area contributed by atoms with Gasteiger partial charge in [-0.15, -0.1) is 0 Å². The minimum atomic E-state index is 0.640. The normalized spacial score (nSPS) is 18.5. The second-order valence-electron chi connectivity index (χ2n) is 4.23. The minimum absolute atomic E-state index is 0.640. The van der Waals surface area contributed by atoms with Gasteiger partial charge in [-0.05, 0) is 26.0 Å². The van der Waals surface area contributed by atoms with Gasteiger partial charge in [0.25, 0.3) is 0 Å². The van der Waals surface area contributed by atoms with Gasteiger partial charge in [0.1, 0.15) is 0 Å². The molecule has 0 aromatic heterocycles. The van der Waals surface area contributed by atoms with E-state index in [1.54, 1.807) is 0 Å². The van der Waals surface area contributed by atoms with Gasteiger partial charge < -0.3 is 10.6 Å². The Balaban J connectivity index is 2.33. The molecule has 0 heterocycles. The van der Waals surface area contributed by atoms with Crippen LogP contribution in [-0.4, -0.2) is 37.1 Å². The summed E-state index contributed by atoms with van der Waals surface area (Å²) in [6, 6.07) is 0.640. The predicted octanol–water partition coefficient (Wildman–Crippen LogP) is 2.24. The number of rotatable bonds is 5. The van der Waals surface area contributed by atoms with E-state index in [4.69, 9.17) is 0 Å². The summed E-state index contributed by atoms with van der Waals surface area (Å²) in [5, 5.41) is 6.86. The van der Waals surface area contributed by atoms with E-state index in [2.05, 4.69) is 28.8 Å². The SMILES string of the molecule is CCNC(=NCCSC)NC1CCCCC1. The Bertz CT molecular complexity index is 200. The Morgan fingerprint density at radius 1 is 1.31 bits per heavy atom. The highest BCUT2D eigenvalue weighted by Crippen LogP contribution is 2.17. The number of aliphatic imine (C=N–C) groups is 1. The molecule has 0 aromatic carbocycles. The van der Waals surface area contributed by atoms with E-state index in [0.717, 1.165) is 24.8 Å². The first kappa shape index (κ1) is 13.7. The van der Waals surface area contributed by atoms with Crippen LogP contribution in [0.5, 0.6) is 0 Å². The zero-order chi connectivity index (χ0) is 11.6. The third-order valence-corrected chi connectivity index (χ3v) is 3.45. The Kier molecular flexibility index (Phi) is 7.47. The van der Waals surface area contributed by atoms with Gasteiger partial charge in [-0.2, -0.15) is 11.8 Å². The van der Waals surface area contributed by atoms with Gasteiger partial charge in [0.2, 0.25) is 0 Å². The van der Waals surface area contributed by atoms with Gasteiger partial charge in [0.05, 0.1) is 6.54 Å². The van der Waals surface area contributed by atoms with Crippen LogP contribution in [0.25, 0.3) is 0 Å². The topological polar surface area (TPSA) is 36.4 Å². The average molecular weight is 243 g/mol. The molecule has 2 N–H and O–H groups in total. The minimum Gasteiger partial charge on any atom is -0.357 e. The highest BCUT2D eigenvalue weighted by molar-refractivity contribution is 7.98. The monoisotopic (exact) mass is 243 g/mol. The number of hydrogen-bond acceptors (Lipinski definition) is 2. The lowest BCUT2D eigenvalue weighted by molar-refractivity contribution is 0.410. The van der Waals surface area contributed by atoms with Crippen LogP contribution in [0.3, 0.4) is 0 Å². The van der Waals surface area contributed by atoms with Crippen molar-refractivity contribution < 1.29 is 0 Å². The number of guanidine groups is 1. The van der Waals surface area contributed by atoms with E-state index < -0.39 is 0 Å². The van der Waals surface area contributed by atoms with E-state index in [1.165, 1.54) is 32.1 Å². The van der Waals surface area contributed by atoms with Crippen LogP contribution in [0, 0.1) is 0 Å². The van der Waals surface area contributed by atoms with E-state index in [-0.39, 0.29) is 0 Å². The van der Waals surface area contributed by atoms with Crippen LogP contribution in [-0.2, 0) is 0 Å². The lowest BCUT2D eigenvalue weighted by atomic mass is 9.96. The van der Waals surface area contributed by atoms with Crippen molar-refractivity contribution in [2.45, 2.75) is 45.1 Å². The van der Waals surface area contributed by atoms with Crippen LogP contribution < -0.4 is 10.6 Å². The Labute approximate surface area is 104 Å². The largest absolute Gasteiger partial charge is 0.357 e. The first-order valence-corrected chi connectivity index (χ1v) is 7.80. The first-order chi connectivity index (χ1) is 7.86. The van der Waals surface area contributed by atoms with Crippen molar-refractivity contribution in [3.05, 3.63) is 0 Å². The van der Waals surface area contributed by atoms with Crippen LogP contribution >= 0.6 is 11.8 Å². The molecule has 0 bridgehead atoms. The maximum absolute atomic E-state index is 4.57. The fourth-order valence-electron chi connectivity index (χ4n) is 2.01. The van der Waals surface area contributed by atoms with Crippen molar-refractivity contribution in [1.82, 2.24) is 10.6 Å². The molecule has 0 aliphatic heterocycles. The average Bonchev–Trinajstić information content (AvgIpc) is 2.31. The lowest BCUT2D eigenvalue weighted by Gasteiger charge is -2.24. The van der Waals surface area contributed by atoms with E-state index in [0.29, 0.717) is 6.04 Å². The third kappa shape index (κ3) is 5.64. The summed E-state index contributed by atoms with van der Waals surface area (Å²) < 4.78 is 0. The fraction of sp³-hybridized carbons (Fsp3) is 0.917. The molecular weight excluding hydrogens is 218 g/mol. The molecule has 1 fully saturated rings. The molecule has 1 aliphatic carbocycles. The number of hydrogen-bond donors (Lipinski definition) is 2. The van der Waals surface area contributed by atoms with Gasteiger partial charge >= 0.3 is 0 Å². The van der Waals surface area contributed by atoms with Gasteiger partial charge in [0, 0.05) is 18.3 Å². The molecular formula is C12H25N3S. The molecule has 0 atom stereocenters. The molecule has 3 nitrogen and oxygen atoms in total. The first-order valence-electron chi connectivity index (χ1n) is 6.40. The standard InChI is InChI=1S/C12H25N3S/c1-3-13-12(14-9-10-16-2)15-11-7-5-4-6-8-11/h11H,3-10H2,1-2H3,(H2,13,14,15). The van der Waals surface area contributed by atoms with Crippen LogP contribution in [0.4, 0.5) is 0 Å². The molecule has 94 valence electrons. The van der Waals surface area contributed by atoms with Crippen LogP contribution in [0.1, 0.15) is 39.0 Å². The summed E-state index contributed by atoms with van der Waals surface area (Å²) in [5.74, 6) is 2.10. The smallest absolute Gasteiger partial charge is 0.191 e. The van der Waals surface area contributed by atoms with Crippen molar-refractivity contribution in [2.24, 2.45) is 4.99 Å². The predicted molar refractivity (Wildman–Crippen MR) is 74.4 cm³/mol. The van der Waals surface area contributed by atoms with E-state index >= 15 is 0 Å². The van der Waals surface area contributed by atoms with Crippen LogP contribution in [0.15, 0.2) is 4.99 Å².